The standard InChI is InChI=1S/C10H17N3/c1-5-12-13(8-1)9-7-11-6-4-10-2-3-10/h1,5,8,10-11H,2-4,6-7,9H2. The zero-order valence-electron chi connectivity index (χ0n) is 7.95. The molecule has 3 nitrogen and oxygen atoms in total. The number of hydrogen-bond donors (Lipinski definition) is 1. The SMILES string of the molecule is c1cnn(CCNCCC2CC2)c1. The fourth-order valence-corrected chi connectivity index (χ4v) is 1.46. The lowest BCUT2D eigenvalue weighted by Gasteiger charge is -2.03. The third kappa shape index (κ3) is 3.19. The van der Waals surface area contributed by atoms with E-state index in [1.807, 2.05) is 23.1 Å². The quantitative estimate of drug-likeness (QED) is 0.666. The Labute approximate surface area is 79.1 Å². The van der Waals surface area contributed by atoms with Crippen LogP contribution in [-0.4, -0.2) is 22.9 Å². The minimum absolute atomic E-state index is 0.984. The van der Waals surface area contributed by atoms with Gasteiger partial charge in [-0.3, -0.25) is 4.68 Å². The minimum atomic E-state index is 0.984. The van der Waals surface area contributed by atoms with Gasteiger partial charge in [0.1, 0.15) is 0 Å². The van der Waals surface area contributed by atoms with Crippen molar-refractivity contribution >= 4 is 0 Å². The van der Waals surface area contributed by atoms with E-state index in [4.69, 9.17) is 0 Å². The Balaban J connectivity index is 1.48. The van der Waals surface area contributed by atoms with Gasteiger partial charge in [-0.2, -0.15) is 5.10 Å². The fourth-order valence-electron chi connectivity index (χ4n) is 1.46. The zero-order valence-corrected chi connectivity index (χ0v) is 7.95. The first-order valence-electron chi connectivity index (χ1n) is 5.13. The Hall–Kier alpha value is -0.830. The van der Waals surface area contributed by atoms with Gasteiger partial charge in [0, 0.05) is 18.9 Å². The fraction of sp³-hybridized carbons (Fsp3) is 0.700. The minimum Gasteiger partial charge on any atom is -0.315 e. The molecular formula is C10H17N3. The van der Waals surface area contributed by atoms with Crippen LogP contribution in [0.2, 0.25) is 0 Å². The highest BCUT2D eigenvalue weighted by Gasteiger charge is 2.19. The van der Waals surface area contributed by atoms with E-state index in [1.54, 1.807) is 0 Å². The summed E-state index contributed by atoms with van der Waals surface area (Å²) in [6, 6.07) is 1.96. The van der Waals surface area contributed by atoms with E-state index in [0.717, 1.165) is 19.0 Å². The molecule has 0 saturated heterocycles. The third-order valence-electron chi connectivity index (χ3n) is 2.50. The van der Waals surface area contributed by atoms with E-state index in [1.165, 1.54) is 25.8 Å². The molecule has 2 rings (SSSR count). The summed E-state index contributed by atoms with van der Waals surface area (Å²) in [5.74, 6) is 1.04. The Morgan fingerprint density at radius 3 is 3.00 bits per heavy atom. The Morgan fingerprint density at radius 2 is 2.31 bits per heavy atom. The normalized spacial score (nSPS) is 16.3. The first-order chi connectivity index (χ1) is 6.45. The number of aromatic nitrogens is 2. The van der Waals surface area contributed by atoms with E-state index in [2.05, 4.69) is 10.4 Å². The molecule has 13 heavy (non-hydrogen) atoms. The molecule has 0 atom stereocenters. The van der Waals surface area contributed by atoms with Crippen LogP contribution in [0.1, 0.15) is 19.3 Å². The van der Waals surface area contributed by atoms with Crippen molar-refractivity contribution in [1.82, 2.24) is 15.1 Å². The molecule has 0 spiro atoms. The summed E-state index contributed by atoms with van der Waals surface area (Å²) in [6.45, 7) is 3.19. The van der Waals surface area contributed by atoms with Crippen LogP contribution in [0.5, 0.6) is 0 Å². The van der Waals surface area contributed by atoms with Crippen LogP contribution >= 0.6 is 0 Å². The number of rotatable bonds is 6. The molecule has 1 aromatic rings. The highest BCUT2D eigenvalue weighted by molar-refractivity contribution is 4.78. The highest BCUT2D eigenvalue weighted by Crippen LogP contribution is 2.31. The number of nitrogens with one attached hydrogen (secondary N) is 1. The molecule has 0 bridgehead atoms. The maximum Gasteiger partial charge on any atom is 0.0533 e. The van der Waals surface area contributed by atoms with Gasteiger partial charge in [0.2, 0.25) is 0 Å². The highest BCUT2D eigenvalue weighted by atomic mass is 15.3. The molecule has 1 aromatic heterocycles. The summed E-state index contributed by atoms with van der Waals surface area (Å²) >= 11 is 0. The van der Waals surface area contributed by atoms with Crippen molar-refractivity contribution < 1.29 is 0 Å². The Kier molecular flexibility index (Phi) is 2.98. The zero-order chi connectivity index (χ0) is 8.93. The lowest BCUT2D eigenvalue weighted by Crippen LogP contribution is -2.21. The van der Waals surface area contributed by atoms with Gasteiger partial charge < -0.3 is 5.32 Å². The topological polar surface area (TPSA) is 29.9 Å². The second-order valence-corrected chi connectivity index (χ2v) is 3.75. The number of nitrogens with zero attached hydrogens (tertiary/aromatic N) is 2. The molecule has 0 unspecified atom stereocenters. The molecule has 1 N–H and O–H groups in total. The van der Waals surface area contributed by atoms with Crippen molar-refractivity contribution in [1.29, 1.82) is 0 Å². The lowest BCUT2D eigenvalue weighted by atomic mass is 10.3. The average Bonchev–Trinajstić information content (AvgIpc) is 2.81. The van der Waals surface area contributed by atoms with Gasteiger partial charge in [0.25, 0.3) is 0 Å². The molecule has 1 heterocycles. The maximum absolute atomic E-state index is 4.14. The number of hydrogen-bond acceptors (Lipinski definition) is 2. The molecule has 3 heteroatoms. The van der Waals surface area contributed by atoms with Gasteiger partial charge in [-0.25, -0.2) is 0 Å². The summed E-state index contributed by atoms with van der Waals surface area (Å²) < 4.78 is 1.96. The van der Waals surface area contributed by atoms with E-state index < -0.39 is 0 Å². The largest absolute Gasteiger partial charge is 0.315 e. The predicted octanol–water partition coefficient (Wildman–Crippen LogP) is 1.27. The summed E-state index contributed by atoms with van der Waals surface area (Å²) in [5, 5.41) is 7.57. The summed E-state index contributed by atoms with van der Waals surface area (Å²) in [4.78, 5) is 0. The van der Waals surface area contributed by atoms with Crippen LogP contribution in [0.25, 0.3) is 0 Å². The predicted molar refractivity (Wildman–Crippen MR) is 52.4 cm³/mol. The van der Waals surface area contributed by atoms with Gasteiger partial charge in [0.15, 0.2) is 0 Å². The third-order valence-corrected chi connectivity index (χ3v) is 2.50. The van der Waals surface area contributed by atoms with Crippen molar-refractivity contribution in [2.24, 2.45) is 5.92 Å². The first kappa shape index (κ1) is 8.75. The molecule has 1 fully saturated rings. The second kappa shape index (κ2) is 4.42. The van der Waals surface area contributed by atoms with Crippen molar-refractivity contribution in [3.63, 3.8) is 0 Å². The van der Waals surface area contributed by atoms with Gasteiger partial charge in [0.05, 0.1) is 6.54 Å². The van der Waals surface area contributed by atoms with Gasteiger partial charge in [-0.1, -0.05) is 12.8 Å². The molecule has 72 valence electrons. The lowest BCUT2D eigenvalue weighted by molar-refractivity contribution is 0.537. The molecule has 1 aliphatic carbocycles. The van der Waals surface area contributed by atoms with E-state index in [9.17, 15) is 0 Å². The van der Waals surface area contributed by atoms with Crippen LogP contribution in [0.3, 0.4) is 0 Å². The van der Waals surface area contributed by atoms with Crippen LogP contribution in [-0.2, 0) is 6.54 Å². The van der Waals surface area contributed by atoms with Crippen LogP contribution in [0.4, 0.5) is 0 Å². The van der Waals surface area contributed by atoms with Crippen LogP contribution in [0, 0.1) is 5.92 Å². The smallest absolute Gasteiger partial charge is 0.0533 e. The summed E-state index contributed by atoms with van der Waals surface area (Å²) in [6.07, 6.45) is 8.10. The second-order valence-electron chi connectivity index (χ2n) is 3.75. The monoisotopic (exact) mass is 179 g/mol. The first-order valence-corrected chi connectivity index (χ1v) is 5.13. The van der Waals surface area contributed by atoms with Gasteiger partial charge >= 0.3 is 0 Å². The molecule has 0 amide bonds. The maximum atomic E-state index is 4.14. The van der Waals surface area contributed by atoms with Crippen molar-refractivity contribution in [3.05, 3.63) is 18.5 Å². The Morgan fingerprint density at radius 1 is 1.38 bits per heavy atom. The Bertz CT molecular complexity index is 226. The van der Waals surface area contributed by atoms with Gasteiger partial charge in [-0.15, -0.1) is 0 Å². The molecule has 1 saturated carbocycles. The summed E-state index contributed by atoms with van der Waals surface area (Å²) in [7, 11) is 0. The van der Waals surface area contributed by atoms with E-state index in [-0.39, 0.29) is 0 Å². The summed E-state index contributed by atoms with van der Waals surface area (Å²) in [5.41, 5.74) is 0. The molecule has 0 aliphatic heterocycles. The van der Waals surface area contributed by atoms with E-state index in [0.29, 0.717) is 0 Å². The molecule has 1 aliphatic rings. The molecule has 0 aromatic carbocycles. The van der Waals surface area contributed by atoms with Crippen molar-refractivity contribution in [2.75, 3.05) is 13.1 Å². The van der Waals surface area contributed by atoms with Gasteiger partial charge in [-0.05, 0) is 24.9 Å². The molecular weight excluding hydrogens is 162 g/mol. The average molecular weight is 179 g/mol. The van der Waals surface area contributed by atoms with E-state index >= 15 is 0 Å². The van der Waals surface area contributed by atoms with Crippen molar-refractivity contribution in [3.8, 4) is 0 Å². The van der Waals surface area contributed by atoms with Crippen molar-refractivity contribution in [2.45, 2.75) is 25.8 Å². The van der Waals surface area contributed by atoms with Crippen LogP contribution < -0.4 is 5.32 Å². The molecule has 0 radical (unpaired) electrons. The van der Waals surface area contributed by atoms with Crippen LogP contribution in [0.15, 0.2) is 18.5 Å².